The van der Waals surface area contributed by atoms with E-state index in [9.17, 15) is 10.1 Å². The van der Waals surface area contributed by atoms with Crippen LogP contribution in [0.2, 0.25) is 0 Å². The molecule has 2 heterocycles. The van der Waals surface area contributed by atoms with Crippen molar-refractivity contribution in [3.05, 3.63) is 160 Å². The number of anilines is 2. The Morgan fingerprint density at radius 2 is 1.14 bits per heavy atom. The smallest absolute Gasteiger partial charge is 0.348 e. The summed E-state index contributed by atoms with van der Waals surface area (Å²) in [6.45, 7) is 3.67. The third kappa shape index (κ3) is 6.55. The van der Waals surface area contributed by atoms with Gasteiger partial charge in [-0.3, -0.25) is 15.0 Å². The third-order valence-corrected chi connectivity index (χ3v) is 7.91. The summed E-state index contributed by atoms with van der Waals surface area (Å²) in [7, 11) is 0. The molecule has 0 aliphatic carbocycles. The van der Waals surface area contributed by atoms with Gasteiger partial charge in [0.15, 0.2) is 0 Å². The van der Waals surface area contributed by atoms with Crippen LogP contribution in [0.3, 0.4) is 0 Å². The summed E-state index contributed by atoms with van der Waals surface area (Å²) in [6, 6.07) is 41.1. The van der Waals surface area contributed by atoms with Crippen molar-refractivity contribution in [2.24, 2.45) is 0 Å². The molecule has 1 aliphatic rings. The first-order valence-corrected chi connectivity index (χ1v) is 14.6. The van der Waals surface area contributed by atoms with Crippen molar-refractivity contribution in [3.8, 4) is 0 Å². The molecule has 0 saturated carbocycles. The van der Waals surface area contributed by atoms with Crippen molar-refractivity contribution < 1.29 is 4.92 Å². The third-order valence-electron chi connectivity index (χ3n) is 7.91. The predicted octanol–water partition coefficient (Wildman–Crippen LogP) is 6.50. The van der Waals surface area contributed by atoms with E-state index < -0.39 is 0 Å². The van der Waals surface area contributed by atoms with Crippen LogP contribution >= 0.6 is 0 Å². The van der Waals surface area contributed by atoms with Crippen LogP contribution in [-0.2, 0) is 13.1 Å². The maximum absolute atomic E-state index is 12.7. The Labute approximate surface area is 252 Å². The SMILES string of the molecule is O=[N+]([O-])c1c(N2CCN(C(c3ccccc3)c3ccccc3)CC2)ncnc1N(Cc1ccccc1)Cc1ccccc1. The van der Waals surface area contributed by atoms with Crippen molar-refractivity contribution in [1.82, 2.24) is 14.9 Å². The lowest BCUT2D eigenvalue weighted by atomic mass is 9.96. The van der Waals surface area contributed by atoms with Gasteiger partial charge < -0.3 is 9.80 Å². The highest BCUT2D eigenvalue weighted by Gasteiger charge is 2.33. The quantitative estimate of drug-likeness (QED) is 0.140. The molecule has 4 aromatic carbocycles. The Balaban J connectivity index is 1.29. The maximum atomic E-state index is 12.7. The van der Waals surface area contributed by atoms with Gasteiger partial charge in [-0.05, 0) is 22.3 Å². The Morgan fingerprint density at radius 1 is 0.674 bits per heavy atom. The molecule has 0 unspecified atom stereocenters. The van der Waals surface area contributed by atoms with E-state index in [2.05, 4.69) is 63.4 Å². The molecule has 0 atom stereocenters. The molecular formula is C35H34N6O2. The molecule has 1 fully saturated rings. The van der Waals surface area contributed by atoms with Gasteiger partial charge in [-0.25, -0.2) is 9.97 Å². The highest BCUT2D eigenvalue weighted by molar-refractivity contribution is 5.71. The van der Waals surface area contributed by atoms with E-state index in [1.807, 2.05) is 82.6 Å². The Morgan fingerprint density at radius 3 is 1.60 bits per heavy atom. The summed E-state index contributed by atoms with van der Waals surface area (Å²) in [5.74, 6) is 0.702. The van der Waals surface area contributed by atoms with Gasteiger partial charge in [0.2, 0.25) is 11.6 Å². The number of nitro groups is 1. The van der Waals surface area contributed by atoms with Crippen molar-refractivity contribution in [1.29, 1.82) is 0 Å². The summed E-state index contributed by atoms with van der Waals surface area (Å²) in [6.07, 6.45) is 1.46. The molecule has 216 valence electrons. The molecule has 0 radical (unpaired) electrons. The van der Waals surface area contributed by atoms with Gasteiger partial charge in [0, 0.05) is 39.3 Å². The van der Waals surface area contributed by atoms with Crippen molar-refractivity contribution in [2.75, 3.05) is 36.0 Å². The zero-order valence-electron chi connectivity index (χ0n) is 23.9. The molecule has 1 aromatic heterocycles. The van der Waals surface area contributed by atoms with Crippen molar-refractivity contribution >= 4 is 17.3 Å². The highest BCUT2D eigenvalue weighted by atomic mass is 16.6. The summed E-state index contributed by atoms with van der Waals surface area (Å²) in [5.41, 5.74) is 4.51. The number of nitrogens with zero attached hydrogens (tertiary/aromatic N) is 6. The predicted molar refractivity (Wildman–Crippen MR) is 170 cm³/mol. The zero-order chi connectivity index (χ0) is 29.4. The molecule has 1 aliphatic heterocycles. The van der Waals surface area contributed by atoms with Crippen LogP contribution < -0.4 is 9.80 Å². The Kier molecular flexibility index (Phi) is 8.66. The second kappa shape index (κ2) is 13.3. The fourth-order valence-electron chi connectivity index (χ4n) is 5.88. The second-order valence-electron chi connectivity index (χ2n) is 10.7. The Bertz CT molecular complexity index is 1530. The molecule has 6 rings (SSSR count). The van der Waals surface area contributed by atoms with Gasteiger partial charge in [-0.15, -0.1) is 0 Å². The number of benzene rings is 4. The van der Waals surface area contributed by atoms with E-state index in [0.717, 1.165) is 24.2 Å². The van der Waals surface area contributed by atoms with Crippen LogP contribution in [-0.4, -0.2) is 46.0 Å². The largest absolute Gasteiger partial charge is 0.353 e. The van der Waals surface area contributed by atoms with Crippen LogP contribution in [0.1, 0.15) is 28.3 Å². The van der Waals surface area contributed by atoms with Crippen LogP contribution in [0.5, 0.6) is 0 Å². The molecule has 8 heteroatoms. The molecule has 8 nitrogen and oxygen atoms in total. The van der Waals surface area contributed by atoms with E-state index >= 15 is 0 Å². The van der Waals surface area contributed by atoms with E-state index in [-0.39, 0.29) is 16.7 Å². The summed E-state index contributed by atoms with van der Waals surface area (Å²) >= 11 is 0. The molecular weight excluding hydrogens is 536 g/mol. The first-order chi connectivity index (χ1) is 21.2. The van der Waals surface area contributed by atoms with Gasteiger partial charge in [-0.1, -0.05) is 121 Å². The lowest BCUT2D eigenvalue weighted by Crippen LogP contribution is -2.48. The summed E-state index contributed by atoms with van der Waals surface area (Å²) in [4.78, 5) is 27.8. The minimum atomic E-state index is -0.323. The molecule has 0 bridgehead atoms. The van der Waals surface area contributed by atoms with Crippen molar-refractivity contribution in [2.45, 2.75) is 19.1 Å². The molecule has 43 heavy (non-hydrogen) atoms. The molecule has 0 amide bonds. The first kappa shape index (κ1) is 28.1. The highest BCUT2D eigenvalue weighted by Crippen LogP contribution is 2.37. The molecule has 5 aromatic rings. The van der Waals surface area contributed by atoms with Crippen LogP contribution in [0, 0.1) is 10.1 Å². The van der Waals surface area contributed by atoms with Gasteiger partial charge in [0.25, 0.3) is 0 Å². The van der Waals surface area contributed by atoms with Crippen LogP contribution in [0.25, 0.3) is 0 Å². The van der Waals surface area contributed by atoms with E-state index in [4.69, 9.17) is 0 Å². The Hall–Kier alpha value is -5.08. The first-order valence-electron chi connectivity index (χ1n) is 14.6. The lowest BCUT2D eigenvalue weighted by Gasteiger charge is -2.40. The number of rotatable bonds is 10. The standard InChI is InChI=1S/C35H34N6O2/c42-41(43)33-34(36-27-37-35(33)40(25-28-13-5-1-6-14-28)26-29-15-7-2-8-16-29)39-23-21-38(22-24-39)32(30-17-9-3-10-18-30)31-19-11-4-12-20-31/h1-20,27,32H,21-26H2. The molecule has 0 N–H and O–H groups in total. The van der Waals surface area contributed by atoms with E-state index in [1.165, 1.54) is 17.5 Å². The summed E-state index contributed by atoms with van der Waals surface area (Å²) in [5, 5.41) is 12.7. The minimum Gasteiger partial charge on any atom is -0.348 e. The van der Waals surface area contributed by atoms with Crippen LogP contribution in [0.15, 0.2) is 128 Å². The van der Waals surface area contributed by atoms with Gasteiger partial charge in [0.1, 0.15) is 6.33 Å². The molecule has 0 spiro atoms. The monoisotopic (exact) mass is 570 g/mol. The van der Waals surface area contributed by atoms with E-state index in [1.54, 1.807) is 0 Å². The molecule has 1 saturated heterocycles. The normalized spacial score (nSPS) is 13.7. The zero-order valence-corrected chi connectivity index (χ0v) is 23.9. The fourth-order valence-corrected chi connectivity index (χ4v) is 5.88. The van der Waals surface area contributed by atoms with Gasteiger partial charge in [-0.2, -0.15) is 0 Å². The van der Waals surface area contributed by atoms with E-state index in [0.29, 0.717) is 37.8 Å². The van der Waals surface area contributed by atoms with Gasteiger partial charge >= 0.3 is 5.69 Å². The number of aromatic nitrogens is 2. The number of piperazine rings is 1. The maximum Gasteiger partial charge on any atom is 0.353 e. The number of hydrogen-bond acceptors (Lipinski definition) is 7. The average molecular weight is 571 g/mol. The second-order valence-corrected chi connectivity index (χ2v) is 10.7. The lowest BCUT2D eigenvalue weighted by molar-refractivity contribution is -0.383. The van der Waals surface area contributed by atoms with Gasteiger partial charge in [0.05, 0.1) is 11.0 Å². The minimum absolute atomic E-state index is 0.0505. The number of hydrogen-bond donors (Lipinski definition) is 0. The fraction of sp³-hybridized carbons (Fsp3) is 0.200. The average Bonchev–Trinajstić information content (AvgIpc) is 3.06. The van der Waals surface area contributed by atoms with Crippen molar-refractivity contribution in [3.63, 3.8) is 0 Å². The topological polar surface area (TPSA) is 78.6 Å². The van der Waals surface area contributed by atoms with Crippen LogP contribution in [0.4, 0.5) is 17.3 Å². The summed E-state index contributed by atoms with van der Waals surface area (Å²) < 4.78 is 0.